The van der Waals surface area contributed by atoms with Gasteiger partial charge >= 0.3 is 0 Å². The van der Waals surface area contributed by atoms with Gasteiger partial charge in [0.15, 0.2) is 0 Å². The number of aromatic amines is 1. The number of carbonyl (C=O) groups is 1. The molecule has 4 nitrogen and oxygen atoms in total. The van der Waals surface area contributed by atoms with Crippen molar-refractivity contribution in [3.8, 4) is 0 Å². The van der Waals surface area contributed by atoms with E-state index >= 15 is 0 Å². The second kappa shape index (κ2) is 7.98. The lowest BCUT2D eigenvalue weighted by atomic mass is 9.73. The SMILES string of the molecule is CC(C(=O)Nc1ccc(C2(N)CCC2)cc1)c1ccc2c(c1)[nH]c1cc(F)ccc12.Cl. The first-order valence-electron chi connectivity index (χ1n) is 10.3. The summed E-state index contributed by atoms with van der Waals surface area (Å²) in [6.07, 6.45) is 3.19. The Hall–Kier alpha value is -2.89. The van der Waals surface area contributed by atoms with Crippen molar-refractivity contribution in [1.82, 2.24) is 4.98 Å². The van der Waals surface area contributed by atoms with Crippen LogP contribution >= 0.6 is 12.4 Å². The van der Waals surface area contributed by atoms with Crippen molar-refractivity contribution >= 4 is 45.8 Å². The number of rotatable bonds is 4. The Labute approximate surface area is 186 Å². The van der Waals surface area contributed by atoms with Gasteiger partial charge in [-0.15, -0.1) is 12.4 Å². The van der Waals surface area contributed by atoms with Crippen LogP contribution in [0.4, 0.5) is 10.1 Å². The Morgan fingerprint density at radius 1 is 1.03 bits per heavy atom. The first kappa shape index (κ1) is 21.3. The largest absolute Gasteiger partial charge is 0.354 e. The van der Waals surface area contributed by atoms with Crippen molar-refractivity contribution in [1.29, 1.82) is 0 Å². The number of H-pyrrole nitrogens is 1. The number of nitrogens with one attached hydrogen (secondary N) is 2. The predicted octanol–water partition coefficient (Wildman–Crippen LogP) is 5.96. The highest BCUT2D eigenvalue weighted by Crippen LogP contribution is 2.39. The number of anilines is 1. The molecule has 0 bridgehead atoms. The Bertz CT molecular complexity index is 1260. The molecule has 1 fully saturated rings. The summed E-state index contributed by atoms with van der Waals surface area (Å²) in [4.78, 5) is 16.1. The molecule has 31 heavy (non-hydrogen) atoms. The fourth-order valence-electron chi connectivity index (χ4n) is 4.30. The van der Waals surface area contributed by atoms with E-state index in [-0.39, 0.29) is 35.6 Å². The Morgan fingerprint density at radius 2 is 1.68 bits per heavy atom. The van der Waals surface area contributed by atoms with Gasteiger partial charge in [0.25, 0.3) is 0 Å². The Balaban J connectivity index is 0.00000231. The zero-order valence-corrected chi connectivity index (χ0v) is 18.1. The minimum atomic E-state index is -0.329. The van der Waals surface area contributed by atoms with Gasteiger partial charge in [0.2, 0.25) is 5.91 Å². The second-order valence-electron chi connectivity index (χ2n) is 8.42. The standard InChI is InChI=1S/C25H24FN3O.ClH/c1-15(24(30)28-19-7-4-17(5-8-19)25(27)11-2-12-25)16-3-9-20-21-10-6-18(26)14-23(21)29-22(20)13-16;/h3-10,13-15,29H,2,11-12,27H2,1H3,(H,28,30);1H. The molecule has 0 spiro atoms. The van der Waals surface area contributed by atoms with Gasteiger partial charge in [-0.05, 0) is 73.7 Å². The van der Waals surface area contributed by atoms with E-state index in [4.69, 9.17) is 5.73 Å². The maximum Gasteiger partial charge on any atom is 0.231 e. The summed E-state index contributed by atoms with van der Waals surface area (Å²) in [6.45, 7) is 1.89. The topological polar surface area (TPSA) is 70.9 Å². The van der Waals surface area contributed by atoms with Crippen molar-refractivity contribution in [2.45, 2.75) is 37.6 Å². The van der Waals surface area contributed by atoms with E-state index < -0.39 is 0 Å². The summed E-state index contributed by atoms with van der Waals surface area (Å²) in [5, 5.41) is 4.99. The fraction of sp³-hybridized carbons (Fsp3) is 0.240. The van der Waals surface area contributed by atoms with E-state index in [1.54, 1.807) is 6.07 Å². The third-order valence-electron chi connectivity index (χ3n) is 6.45. The number of amides is 1. The summed E-state index contributed by atoms with van der Waals surface area (Å²) in [5.74, 6) is -0.675. The minimum absolute atomic E-state index is 0. The second-order valence-corrected chi connectivity index (χ2v) is 8.42. The molecule has 3 aromatic carbocycles. The van der Waals surface area contributed by atoms with Crippen molar-refractivity contribution in [3.05, 3.63) is 77.6 Å². The van der Waals surface area contributed by atoms with Crippen LogP contribution in [0.15, 0.2) is 60.7 Å². The molecule has 1 unspecified atom stereocenters. The lowest BCUT2D eigenvalue weighted by Gasteiger charge is -2.38. The van der Waals surface area contributed by atoms with Crippen LogP contribution in [-0.2, 0) is 10.3 Å². The van der Waals surface area contributed by atoms with E-state index in [1.165, 1.54) is 18.6 Å². The Kier molecular flexibility index (Phi) is 5.50. The number of aromatic nitrogens is 1. The van der Waals surface area contributed by atoms with Gasteiger partial charge in [-0.2, -0.15) is 0 Å². The van der Waals surface area contributed by atoms with Gasteiger partial charge in [0.1, 0.15) is 5.82 Å². The van der Waals surface area contributed by atoms with Crippen LogP contribution < -0.4 is 11.1 Å². The molecule has 1 aliphatic rings. The summed E-state index contributed by atoms with van der Waals surface area (Å²) in [5.41, 5.74) is 10.6. The molecule has 1 heterocycles. The van der Waals surface area contributed by atoms with Gasteiger partial charge in [0, 0.05) is 33.0 Å². The quantitative estimate of drug-likeness (QED) is 0.368. The van der Waals surface area contributed by atoms with Crippen LogP contribution in [0.25, 0.3) is 21.8 Å². The highest BCUT2D eigenvalue weighted by molar-refractivity contribution is 6.07. The fourth-order valence-corrected chi connectivity index (χ4v) is 4.30. The molecule has 0 aliphatic heterocycles. The number of fused-ring (bicyclic) bond motifs is 3. The zero-order chi connectivity index (χ0) is 20.9. The van der Waals surface area contributed by atoms with Gasteiger partial charge in [-0.1, -0.05) is 24.3 Å². The van der Waals surface area contributed by atoms with Crippen LogP contribution in [-0.4, -0.2) is 10.9 Å². The summed E-state index contributed by atoms with van der Waals surface area (Å²) >= 11 is 0. The maximum atomic E-state index is 13.5. The third kappa shape index (κ3) is 3.80. The molecular weight excluding hydrogens is 413 g/mol. The van der Waals surface area contributed by atoms with Gasteiger partial charge in [-0.3, -0.25) is 4.79 Å². The average Bonchev–Trinajstić information content (AvgIpc) is 3.08. The first-order valence-corrected chi connectivity index (χ1v) is 10.3. The predicted molar refractivity (Wildman–Crippen MR) is 126 cm³/mol. The van der Waals surface area contributed by atoms with Crippen molar-refractivity contribution in [2.75, 3.05) is 5.32 Å². The van der Waals surface area contributed by atoms with Crippen LogP contribution in [0.5, 0.6) is 0 Å². The molecule has 1 atom stereocenters. The number of halogens is 2. The molecule has 0 saturated heterocycles. The number of benzene rings is 3. The summed E-state index contributed by atoms with van der Waals surface area (Å²) in [7, 11) is 0. The first-order chi connectivity index (χ1) is 14.4. The summed E-state index contributed by atoms with van der Waals surface area (Å²) < 4.78 is 13.5. The monoisotopic (exact) mass is 437 g/mol. The molecule has 5 rings (SSSR count). The summed E-state index contributed by atoms with van der Waals surface area (Å²) in [6, 6.07) is 18.5. The van der Waals surface area contributed by atoms with E-state index in [0.717, 1.165) is 51.5 Å². The molecule has 1 amide bonds. The highest BCUT2D eigenvalue weighted by atomic mass is 35.5. The van der Waals surface area contributed by atoms with E-state index in [1.807, 2.05) is 49.4 Å². The average molecular weight is 438 g/mol. The van der Waals surface area contributed by atoms with Crippen molar-refractivity contribution < 1.29 is 9.18 Å². The molecule has 4 aromatic rings. The minimum Gasteiger partial charge on any atom is -0.354 e. The van der Waals surface area contributed by atoms with Crippen LogP contribution in [0.1, 0.15) is 43.2 Å². The molecule has 1 aromatic heterocycles. The number of hydrogen-bond acceptors (Lipinski definition) is 2. The Morgan fingerprint density at radius 3 is 2.32 bits per heavy atom. The van der Waals surface area contributed by atoms with Crippen LogP contribution in [0, 0.1) is 5.82 Å². The van der Waals surface area contributed by atoms with Crippen LogP contribution in [0.2, 0.25) is 0 Å². The van der Waals surface area contributed by atoms with Crippen LogP contribution in [0.3, 0.4) is 0 Å². The third-order valence-corrected chi connectivity index (χ3v) is 6.45. The van der Waals surface area contributed by atoms with Crippen molar-refractivity contribution in [3.63, 3.8) is 0 Å². The molecule has 160 valence electrons. The lowest BCUT2D eigenvalue weighted by molar-refractivity contribution is -0.117. The van der Waals surface area contributed by atoms with E-state index in [2.05, 4.69) is 10.3 Å². The zero-order valence-electron chi connectivity index (χ0n) is 17.2. The molecule has 4 N–H and O–H groups in total. The number of hydrogen-bond donors (Lipinski definition) is 3. The van der Waals surface area contributed by atoms with Gasteiger partial charge in [0.05, 0.1) is 5.92 Å². The van der Waals surface area contributed by atoms with Gasteiger partial charge in [-0.25, -0.2) is 4.39 Å². The highest BCUT2D eigenvalue weighted by Gasteiger charge is 2.34. The van der Waals surface area contributed by atoms with Crippen molar-refractivity contribution in [2.24, 2.45) is 5.73 Å². The normalized spacial score (nSPS) is 15.8. The van der Waals surface area contributed by atoms with Gasteiger partial charge < -0.3 is 16.0 Å². The maximum absolute atomic E-state index is 13.5. The van der Waals surface area contributed by atoms with E-state index in [9.17, 15) is 9.18 Å². The molecular formula is C25H25ClFN3O. The van der Waals surface area contributed by atoms with E-state index in [0.29, 0.717) is 0 Å². The lowest BCUT2D eigenvalue weighted by Crippen LogP contribution is -2.43. The number of carbonyl (C=O) groups excluding carboxylic acids is 1. The molecule has 0 radical (unpaired) electrons. The number of nitrogens with two attached hydrogens (primary N) is 1. The molecule has 1 saturated carbocycles. The molecule has 6 heteroatoms. The smallest absolute Gasteiger partial charge is 0.231 e. The molecule has 1 aliphatic carbocycles.